The number of benzene rings is 1. The Balaban J connectivity index is 2.08. The van der Waals surface area contributed by atoms with Crippen LogP contribution in [0, 0.1) is 6.92 Å². The van der Waals surface area contributed by atoms with Crippen molar-refractivity contribution in [1.82, 2.24) is 10.6 Å². The maximum absolute atomic E-state index is 12.4. The summed E-state index contributed by atoms with van der Waals surface area (Å²) in [4.78, 5) is 4.66. The summed E-state index contributed by atoms with van der Waals surface area (Å²) in [6, 6.07) is 8.28. The average Bonchev–Trinajstić information content (AvgIpc) is 2.65. The molecule has 0 atom stereocenters. The van der Waals surface area contributed by atoms with E-state index >= 15 is 0 Å². The summed E-state index contributed by atoms with van der Waals surface area (Å²) in [5.41, 5.74) is 2.35. The third kappa shape index (κ3) is 6.50. The molecule has 1 aromatic carbocycles. The van der Waals surface area contributed by atoms with E-state index in [2.05, 4.69) is 53.7 Å². The number of sulfone groups is 1. The minimum absolute atomic E-state index is 0.348. The first-order valence-corrected chi connectivity index (χ1v) is 11.6. The molecule has 2 rings (SSSR count). The molecular formula is C20H33N3O3S. The average molecular weight is 396 g/mol. The van der Waals surface area contributed by atoms with E-state index in [-0.39, 0.29) is 0 Å². The summed E-state index contributed by atoms with van der Waals surface area (Å²) in [5.74, 6) is 0.665. The Kier molecular flexibility index (Phi) is 8.10. The molecule has 0 aliphatic carbocycles. The largest absolute Gasteiger partial charge is 0.381 e. The Morgan fingerprint density at radius 1 is 1.19 bits per heavy atom. The number of unbranched alkanes of at least 4 members (excludes halogenated alkanes) is 1. The van der Waals surface area contributed by atoms with E-state index in [9.17, 15) is 8.42 Å². The molecule has 7 heteroatoms. The summed E-state index contributed by atoms with van der Waals surface area (Å²) >= 11 is 0. The molecule has 2 N–H and O–H groups in total. The molecule has 0 aromatic heterocycles. The van der Waals surface area contributed by atoms with Crippen LogP contribution < -0.4 is 10.6 Å². The van der Waals surface area contributed by atoms with Gasteiger partial charge in [0.1, 0.15) is 0 Å². The van der Waals surface area contributed by atoms with E-state index in [4.69, 9.17) is 4.74 Å². The Labute approximate surface area is 163 Å². The molecule has 0 amide bonds. The lowest BCUT2D eigenvalue weighted by atomic mass is 9.99. The zero-order chi connectivity index (χ0) is 19.8. The van der Waals surface area contributed by atoms with Crippen LogP contribution in [0.25, 0.3) is 0 Å². The van der Waals surface area contributed by atoms with E-state index in [1.165, 1.54) is 11.8 Å². The van der Waals surface area contributed by atoms with Crippen LogP contribution in [0.2, 0.25) is 0 Å². The molecule has 1 aliphatic rings. The number of hydrogen-bond acceptors (Lipinski definition) is 4. The SMILES string of the molecule is CCCCNC(=NCc1ccc(C)cc1)NCC1(S(C)(=O)=O)CCOCC1. The molecule has 1 heterocycles. The Hall–Kier alpha value is -1.60. The molecule has 27 heavy (non-hydrogen) atoms. The van der Waals surface area contributed by atoms with Crippen molar-refractivity contribution in [3.63, 3.8) is 0 Å². The fraction of sp³-hybridized carbons (Fsp3) is 0.650. The summed E-state index contributed by atoms with van der Waals surface area (Å²) in [7, 11) is -3.21. The van der Waals surface area contributed by atoms with Gasteiger partial charge in [0.05, 0.1) is 11.3 Å². The third-order valence-corrected chi connectivity index (χ3v) is 7.26. The van der Waals surface area contributed by atoms with Gasteiger partial charge in [0.25, 0.3) is 0 Å². The molecule has 0 spiro atoms. The van der Waals surface area contributed by atoms with Crippen molar-refractivity contribution in [2.45, 2.75) is 50.8 Å². The molecule has 6 nitrogen and oxygen atoms in total. The monoisotopic (exact) mass is 395 g/mol. The first-order valence-electron chi connectivity index (χ1n) is 9.71. The van der Waals surface area contributed by atoms with Crippen LogP contribution >= 0.6 is 0 Å². The molecular weight excluding hydrogens is 362 g/mol. The molecule has 1 fully saturated rings. The van der Waals surface area contributed by atoms with Gasteiger partial charge in [0, 0.05) is 32.6 Å². The predicted molar refractivity (Wildman–Crippen MR) is 111 cm³/mol. The number of hydrogen-bond donors (Lipinski definition) is 2. The van der Waals surface area contributed by atoms with Crippen molar-refractivity contribution in [3.8, 4) is 0 Å². The summed E-state index contributed by atoms with van der Waals surface area (Å²) in [6.45, 7) is 6.87. The lowest BCUT2D eigenvalue weighted by molar-refractivity contribution is 0.0756. The number of nitrogens with one attached hydrogen (secondary N) is 2. The zero-order valence-corrected chi connectivity index (χ0v) is 17.6. The third-order valence-electron chi connectivity index (χ3n) is 5.13. The number of nitrogens with zero attached hydrogens (tertiary/aromatic N) is 1. The van der Waals surface area contributed by atoms with E-state index < -0.39 is 14.6 Å². The highest BCUT2D eigenvalue weighted by molar-refractivity contribution is 7.92. The first kappa shape index (κ1) is 21.7. The number of aryl methyl sites for hydroxylation is 1. The summed E-state index contributed by atoms with van der Waals surface area (Å²) in [5, 5.41) is 6.60. The highest BCUT2D eigenvalue weighted by atomic mass is 32.2. The normalized spacial score (nSPS) is 17.5. The molecule has 1 aliphatic heterocycles. The minimum Gasteiger partial charge on any atom is -0.381 e. The van der Waals surface area contributed by atoms with Crippen molar-refractivity contribution < 1.29 is 13.2 Å². The maximum atomic E-state index is 12.4. The second-order valence-corrected chi connectivity index (χ2v) is 9.76. The highest BCUT2D eigenvalue weighted by Gasteiger charge is 2.42. The molecule has 1 aromatic rings. The maximum Gasteiger partial charge on any atom is 0.191 e. The predicted octanol–water partition coefficient (Wildman–Crippen LogP) is 2.42. The van der Waals surface area contributed by atoms with E-state index in [1.54, 1.807) is 0 Å². The molecule has 0 bridgehead atoms. The first-order chi connectivity index (χ1) is 12.9. The van der Waals surface area contributed by atoms with Gasteiger partial charge in [-0.3, -0.25) is 0 Å². The van der Waals surface area contributed by atoms with Gasteiger partial charge in [-0.15, -0.1) is 0 Å². The number of ether oxygens (including phenoxy) is 1. The number of rotatable bonds is 8. The van der Waals surface area contributed by atoms with Gasteiger partial charge in [0.15, 0.2) is 15.8 Å². The molecule has 0 saturated carbocycles. The second-order valence-electron chi connectivity index (χ2n) is 7.35. The van der Waals surface area contributed by atoms with Crippen molar-refractivity contribution >= 4 is 15.8 Å². The van der Waals surface area contributed by atoms with Crippen LogP contribution in [-0.4, -0.2) is 51.7 Å². The van der Waals surface area contributed by atoms with Crippen LogP contribution in [0.15, 0.2) is 29.3 Å². The Morgan fingerprint density at radius 2 is 1.85 bits per heavy atom. The van der Waals surface area contributed by atoms with Gasteiger partial charge >= 0.3 is 0 Å². The molecule has 1 saturated heterocycles. The van der Waals surface area contributed by atoms with Crippen molar-refractivity contribution in [2.75, 3.05) is 32.6 Å². The smallest absolute Gasteiger partial charge is 0.191 e. The lowest BCUT2D eigenvalue weighted by Gasteiger charge is -2.35. The van der Waals surface area contributed by atoms with Crippen LogP contribution in [0.3, 0.4) is 0 Å². The van der Waals surface area contributed by atoms with Crippen LogP contribution in [-0.2, 0) is 21.1 Å². The van der Waals surface area contributed by atoms with E-state index in [0.717, 1.165) is 24.9 Å². The van der Waals surface area contributed by atoms with Crippen LogP contribution in [0.5, 0.6) is 0 Å². The van der Waals surface area contributed by atoms with E-state index in [1.807, 2.05) is 0 Å². The quantitative estimate of drug-likeness (QED) is 0.401. The van der Waals surface area contributed by atoms with Gasteiger partial charge in [-0.05, 0) is 31.7 Å². The Morgan fingerprint density at radius 3 is 2.44 bits per heavy atom. The summed E-state index contributed by atoms with van der Waals surface area (Å²) in [6.07, 6.45) is 4.48. The Bertz CT molecular complexity index is 708. The van der Waals surface area contributed by atoms with Gasteiger partial charge in [-0.2, -0.15) is 0 Å². The highest BCUT2D eigenvalue weighted by Crippen LogP contribution is 2.28. The van der Waals surface area contributed by atoms with Crippen LogP contribution in [0.1, 0.15) is 43.7 Å². The minimum atomic E-state index is -3.21. The van der Waals surface area contributed by atoms with Gasteiger partial charge in [0.2, 0.25) is 0 Å². The van der Waals surface area contributed by atoms with Crippen LogP contribution in [0.4, 0.5) is 0 Å². The standard InChI is InChI=1S/C20H33N3O3S/c1-4-5-12-21-19(22-15-18-8-6-17(2)7-9-18)23-16-20(27(3,24)25)10-13-26-14-11-20/h6-9H,4-5,10-16H2,1-3H3,(H2,21,22,23). The topological polar surface area (TPSA) is 79.8 Å². The zero-order valence-electron chi connectivity index (χ0n) is 16.8. The van der Waals surface area contributed by atoms with Gasteiger partial charge in [-0.1, -0.05) is 43.2 Å². The number of aliphatic imine (C=N–C) groups is 1. The molecule has 152 valence electrons. The second kappa shape index (κ2) is 10.1. The summed E-state index contributed by atoms with van der Waals surface area (Å²) < 4.78 is 29.5. The van der Waals surface area contributed by atoms with Crippen molar-refractivity contribution in [2.24, 2.45) is 4.99 Å². The fourth-order valence-electron chi connectivity index (χ4n) is 3.09. The lowest BCUT2D eigenvalue weighted by Crippen LogP contribution is -2.53. The van der Waals surface area contributed by atoms with Crippen molar-refractivity contribution in [3.05, 3.63) is 35.4 Å². The molecule has 0 unspecified atom stereocenters. The number of guanidine groups is 1. The van der Waals surface area contributed by atoms with Crippen molar-refractivity contribution in [1.29, 1.82) is 0 Å². The van der Waals surface area contributed by atoms with Gasteiger partial charge in [-0.25, -0.2) is 13.4 Å². The molecule has 0 radical (unpaired) electrons. The fourth-order valence-corrected chi connectivity index (χ4v) is 4.33. The van der Waals surface area contributed by atoms with Gasteiger partial charge < -0.3 is 15.4 Å². The van der Waals surface area contributed by atoms with E-state index in [0.29, 0.717) is 45.1 Å².